The van der Waals surface area contributed by atoms with Gasteiger partial charge in [-0.15, -0.1) is 0 Å². The van der Waals surface area contributed by atoms with Crippen LogP contribution in [0.25, 0.3) is 0 Å². The highest BCUT2D eigenvalue weighted by Crippen LogP contribution is 2.16. The summed E-state index contributed by atoms with van der Waals surface area (Å²) in [6.45, 7) is 4.58. The first-order chi connectivity index (χ1) is 11.0. The number of amides is 1. The van der Waals surface area contributed by atoms with Gasteiger partial charge in [0, 0.05) is 13.2 Å². The second kappa shape index (κ2) is 8.53. The van der Waals surface area contributed by atoms with E-state index in [1.807, 2.05) is 32.0 Å². The minimum atomic E-state index is -0.573. The van der Waals surface area contributed by atoms with Gasteiger partial charge in [-0.3, -0.25) is 4.79 Å². The first-order valence-corrected chi connectivity index (χ1v) is 7.78. The predicted molar refractivity (Wildman–Crippen MR) is 84.4 cm³/mol. The molecule has 6 nitrogen and oxygen atoms in total. The number of esters is 1. The number of hydrogen-bond acceptors (Lipinski definition) is 5. The molecule has 2 rings (SSSR count). The summed E-state index contributed by atoms with van der Waals surface area (Å²) >= 11 is 0. The molecule has 1 aliphatic heterocycles. The second-order valence-electron chi connectivity index (χ2n) is 5.71. The minimum Gasteiger partial charge on any atom is -0.482 e. The Labute approximate surface area is 136 Å². The quantitative estimate of drug-likeness (QED) is 0.771. The van der Waals surface area contributed by atoms with Crippen molar-refractivity contribution in [3.05, 3.63) is 29.3 Å². The van der Waals surface area contributed by atoms with Gasteiger partial charge in [-0.05, 0) is 49.9 Å². The topological polar surface area (TPSA) is 73.9 Å². The SMILES string of the molecule is Cc1cc(C)cc(OCC(=O)OCC(=O)NCC2CCCO2)c1. The van der Waals surface area contributed by atoms with Gasteiger partial charge in [0.15, 0.2) is 13.2 Å². The minimum absolute atomic E-state index is 0.0718. The standard InChI is InChI=1S/C17H23NO5/c1-12-6-13(2)8-15(7-12)22-11-17(20)23-10-16(19)18-9-14-4-3-5-21-14/h6-8,14H,3-5,9-11H2,1-2H3,(H,18,19). The van der Waals surface area contributed by atoms with Gasteiger partial charge in [0.25, 0.3) is 5.91 Å². The van der Waals surface area contributed by atoms with Crippen molar-refractivity contribution in [2.24, 2.45) is 0 Å². The molecule has 1 fully saturated rings. The maximum absolute atomic E-state index is 11.6. The van der Waals surface area contributed by atoms with Crippen molar-refractivity contribution in [3.63, 3.8) is 0 Å². The molecule has 126 valence electrons. The molecule has 0 radical (unpaired) electrons. The summed E-state index contributed by atoms with van der Waals surface area (Å²) < 4.78 is 15.7. The van der Waals surface area contributed by atoms with E-state index in [2.05, 4.69) is 5.32 Å². The normalized spacial score (nSPS) is 16.9. The average molecular weight is 321 g/mol. The van der Waals surface area contributed by atoms with Crippen molar-refractivity contribution in [1.82, 2.24) is 5.32 Å². The fraction of sp³-hybridized carbons (Fsp3) is 0.529. The Morgan fingerprint density at radius 2 is 1.96 bits per heavy atom. The molecule has 0 aliphatic carbocycles. The van der Waals surface area contributed by atoms with Crippen LogP contribution in [0.1, 0.15) is 24.0 Å². The molecule has 0 spiro atoms. The van der Waals surface area contributed by atoms with Crippen molar-refractivity contribution in [2.75, 3.05) is 26.4 Å². The Balaban J connectivity index is 1.63. The molecule has 1 unspecified atom stereocenters. The fourth-order valence-electron chi connectivity index (χ4n) is 2.43. The third kappa shape index (κ3) is 6.28. The highest BCUT2D eigenvalue weighted by atomic mass is 16.6. The second-order valence-corrected chi connectivity index (χ2v) is 5.71. The molecule has 1 N–H and O–H groups in total. The molecular formula is C17H23NO5. The fourth-order valence-corrected chi connectivity index (χ4v) is 2.43. The molecular weight excluding hydrogens is 298 g/mol. The summed E-state index contributed by atoms with van der Waals surface area (Å²) in [4.78, 5) is 23.2. The maximum atomic E-state index is 11.6. The van der Waals surface area contributed by atoms with Crippen LogP contribution in [0.4, 0.5) is 0 Å². The van der Waals surface area contributed by atoms with Crippen LogP contribution >= 0.6 is 0 Å². The van der Waals surface area contributed by atoms with E-state index in [4.69, 9.17) is 14.2 Å². The van der Waals surface area contributed by atoms with Crippen molar-refractivity contribution >= 4 is 11.9 Å². The van der Waals surface area contributed by atoms with Gasteiger partial charge in [-0.25, -0.2) is 4.79 Å². The average Bonchev–Trinajstić information content (AvgIpc) is 3.01. The molecule has 0 saturated carbocycles. The smallest absolute Gasteiger partial charge is 0.344 e. The van der Waals surface area contributed by atoms with Crippen LogP contribution in [-0.2, 0) is 19.1 Å². The first kappa shape index (κ1) is 17.3. The van der Waals surface area contributed by atoms with E-state index in [1.165, 1.54) is 0 Å². The summed E-state index contributed by atoms with van der Waals surface area (Å²) in [6.07, 6.45) is 2.04. The van der Waals surface area contributed by atoms with Gasteiger partial charge in [-0.2, -0.15) is 0 Å². The molecule has 1 aliphatic rings. The van der Waals surface area contributed by atoms with Gasteiger partial charge < -0.3 is 19.5 Å². The third-order valence-electron chi connectivity index (χ3n) is 3.47. The predicted octanol–water partition coefficient (Wildman–Crippen LogP) is 1.52. The van der Waals surface area contributed by atoms with E-state index in [9.17, 15) is 9.59 Å². The molecule has 23 heavy (non-hydrogen) atoms. The Bertz CT molecular complexity index is 532. The zero-order valence-corrected chi connectivity index (χ0v) is 13.6. The highest BCUT2D eigenvalue weighted by molar-refractivity contribution is 5.80. The number of aryl methyl sites for hydroxylation is 2. The molecule has 1 amide bonds. The molecule has 0 bridgehead atoms. The van der Waals surface area contributed by atoms with Gasteiger partial charge in [0.1, 0.15) is 5.75 Å². The lowest BCUT2D eigenvalue weighted by molar-refractivity contribution is -0.150. The van der Waals surface area contributed by atoms with E-state index in [-0.39, 0.29) is 25.2 Å². The number of rotatable bonds is 7. The van der Waals surface area contributed by atoms with E-state index in [1.54, 1.807) is 0 Å². The Hall–Kier alpha value is -2.08. The summed E-state index contributed by atoms with van der Waals surface area (Å²) in [5.41, 5.74) is 2.11. The Kier molecular flexibility index (Phi) is 6.40. The van der Waals surface area contributed by atoms with Crippen LogP contribution in [0.3, 0.4) is 0 Å². The Morgan fingerprint density at radius 3 is 2.61 bits per heavy atom. The monoisotopic (exact) mass is 321 g/mol. The summed E-state index contributed by atoms with van der Waals surface area (Å²) in [5, 5.41) is 2.69. The highest BCUT2D eigenvalue weighted by Gasteiger charge is 2.16. The lowest BCUT2D eigenvalue weighted by atomic mass is 10.1. The van der Waals surface area contributed by atoms with Crippen LogP contribution in [0.5, 0.6) is 5.75 Å². The molecule has 1 atom stereocenters. The van der Waals surface area contributed by atoms with Crippen molar-refractivity contribution in [2.45, 2.75) is 32.8 Å². The number of hydrogen-bond donors (Lipinski definition) is 1. The van der Waals surface area contributed by atoms with Crippen molar-refractivity contribution in [1.29, 1.82) is 0 Å². The van der Waals surface area contributed by atoms with Crippen LogP contribution in [0.15, 0.2) is 18.2 Å². The largest absolute Gasteiger partial charge is 0.482 e. The van der Waals surface area contributed by atoms with Crippen molar-refractivity contribution in [3.8, 4) is 5.75 Å². The molecule has 6 heteroatoms. The summed E-state index contributed by atoms with van der Waals surface area (Å²) in [7, 11) is 0. The number of carbonyl (C=O) groups is 2. The number of nitrogens with one attached hydrogen (secondary N) is 1. The van der Waals surface area contributed by atoms with Crippen LogP contribution in [0, 0.1) is 13.8 Å². The molecule has 1 aromatic carbocycles. The van der Waals surface area contributed by atoms with Gasteiger partial charge >= 0.3 is 5.97 Å². The maximum Gasteiger partial charge on any atom is 0.344 e. The van der Waals surface area contributed by atoms with Gasteiger partial charge in [0.2, 0.25) is 0 Å². The van der Waals surface area contributed by atoms with Crippen LogP contribution in [0.2, 0.25) is 0 Å². The number of carbonyl (C=O) groups excluding carboxylic acids is 2. The summed E-state index contributed by atoms with van der Waals surface area (Å²) in [6, 6.07) is 5.70. The van der Waals surface area contributed by atoms with Crippen LogP contribution in [-0.4, -0.2) is 44.3 Å². The summed E-state index contributed by atoms with van der Waals surface area (Å²) in [5.74, 6) is -0.293. The van der Waals surface area contributed by atoms with Gasteiger partial charge in [0.05, 0.1) is 6.10 Å². The van der Waals surface area contributed by atoms with Crippen molar-refractivity contribution < 1.29 is 23.8 Å². The van der Waals surface area contributed by atoms with E-state index in [0.29, 0.717) is 12.3 Å². The number of benzene rings is 1. The zero-order chi connectivity index (χ0) is 16.7. The van der Waals surface area contributed by atoms with E-state index in [0.717, 1.165) is 30.6 Å². The molecule has 0 aromatic heterocycles. The van der Waals surface area contributed by atoms with E-state index >= 15 is 0 Å². The number of ether oxygens (including phenoxy) is 3. The molecule has 1 aromatic rings. The first-order valence-electron chi connectivity index (χ1n) is 7.78. The third-order valence-corrected chi connectivity index (χ3v) is 3.47. The molecule has 1 heterocycles. The van der Waals surface area contributed by atoms with Gasteiger partial charge in [-0.1, -0.05) is 6.07 Å². The lowest BCUT2D eigenvalue weighted by Gasteiger charge is -2.11. The van der Waals surface area contributed by atoms with E-state index < -0.39 is 5.97 Å². The van der Waals surface area contributed by atoms with Crippen LogP contribution < -0.4 is 10.1 Å². The lowest BCUT2D eigenvalue weighted by Crippen LogP contribution is -2.35. The zero-order valence-electron chi connectivity index (χ0n) is 13.6. The molecule has 1 saturated heterocycles. The Morgan fingerprint density at radius 1 is 1.22 bits per heavy atom.